The zero-order valence-electron chi connectivity index (χ0n) is 12.6. The van der Waals surface area contributed by atoms with Gasteiger partial charge in [0.05, 0.1) is 11.1 Å². The third-order valence-corrected chi connectivity index (χ3v) is 4.33. The zero-order chi connectivity index (χ0) is 17.0. The van der Waals surface area contributed by atoms with Crippen molar-refractivity contribution in [1.29, 1.82) is 0 Å². The largest absolute Gasteiger partial charge is 0.416 e. The fourth-order valence-electron chi connectivity index (χ4n) is 3.03. The average molecular weight is 332 g/mol. The molecule has 0 aromatic heterocycles. The molecule has 1 aromatic rings. The first kappa shape index (κ1) is 17.7. The molecule has 3 N–H and O–H groups in total. The Morgan fingerprint density at radius 2 is 1.91 bits per heavy atom. The van der Waals surface area contributed by atoms with E-state index >= 15 is 0 Å². The number of alkyl halides is 3. The number of nitrogens with one attached hydrogen (secondary N) is 1. The zero-order valence-corrected chi connectivity index (χ0v) is 12.6. The molecule has 3 nitrogen and oxygen atoms in total. The predicted octanol–water partition coefficient (Wildman–Crippen LogP) is 3.48. The molecule has 23 heavy (non-hydrogen) atoms. The number of halogens is 4. The van der Waals surface area contributed by atoms with Crippen LogP contribution in [0.5, 0.6) is 0 Å². The minimum Gasteiger partial charge on any atom is -0.348 e. The van der Waals surface area contributed by atoms with E-state index in [1.165, 1.54) is 0 Å². The van der Waals surface area contributed by atoms with Crippen LogP contribution in [0.15, 0.2) is 18.2 Å². The maximum atomic E-state index is 13.7. The monoisotopic (exact) mass is 332 g/mol. The number of amides is 1. The Hall–Kier alpha value is -1.63. The molecule has 1 aliphatic rings. The van der Waals surface area contributed by atoms with Crippen molar-refractivity contribution in [1.82, 2.24) is 5.32 Å². The topological polar surface area (TPSA) is 55.1 Å². The lowest BCUT2D eigenvalue weighted by atomic mass is 9.84. The average Bonchev–Trinajstić information content (AvgIpc) is 2.52. The Bertz CT molecular complexity index is 554. The number of rotatable bonds is 4. The third-order valence-electron chi connectivity index (χ3n) is 4.33. The van der Waals surface area contributed by atoms with E-state index in [0.29, 0.717) is 18.2 Å². The van der Waals surface area contributed by atoms with Crippen molar-refractivity contribution in [2.45, 2.75) is 44.3 Å². The van der Waals surface area contributed by atoms with E-state index in [4.69, 9.17) is 5.73 Å². The smallest absolute Gasteiger partial charge is 0.348 e. The number of hydrogen-bond acceptors (Lipinski definition) is 2. The highest BCUT2D eigenvalue weighted by atomic mass is 19.4. The summed E-state index contributed by atoms with van der Waals surface area (Å²) in [5.41, 5.74) is 4.03. The first-order chi connectivity index (χ1) is 10.8. The highest BCUT2D eigenvalue weighted by molar-refractivity contribution is 5.94. The summed E-state index contributed by atoms with van der Waals surface area (Å²) in [5.74, 6) is -1.64. The van der Waals surface area contributed by atoms with Crippen LogP contribution in [0.2, 0.25) is 0 Å². The molecule has 0 spiro atoms. The summed E-state index contributed by atoms with van der Waals surface area (Å²) in [4.78, 5) is 12.2. The number of carbonyl (C=O) groups excluding carboxylic acids is 1. The fraction of sp³-hybridized carbons (Fsp3) is 0.562. The van der Waals surface area contributed by atoms with Gasteiger partial charge in [0.2, 0.25) is 0 Å². The molecule has 1 saturated carbocycles. The number of carbonyl (C=O) groups is 1. The van der Waals surface area contributed by atoms with Gasteiger partial charge in [0, 0.05) is 12.6 Å². The lowest BCUT2D eigenvalue weighted by molar-refractivity contribution is -0.137. The molecule has 7 heteroatoms. The summed E-state index contributed by atoms with van der Waals surface area (Å²) in [6.45, 7) is 0.178. The second-order valence-electron chi connectivity index (χ2n) is 5.91. The molecule has 1 atom stereocenters. The van der Waals surface area contributed by atoms with Gasteiger partial charge in [0.15, 0.2) is 0 Å². The molecule has 1 fully saturated rings. The van der Waals surface area contributed by atoms with E-state index in [-0.39, 0.29) is 18.5 Å². The molecule has 0 bridgehead atoms. The van der Waals surface area contributed by atoms with Crippen LogP contribution in [0.1, 0.15) is 48.0 Å². The van der Waals surface area contributed by atoms with Gasteiger partial charge in [-0.2, -0.15) is 13.2 Å². The molecule has 0 heterocycles. The van der Waals surface area contributed by atoms with Crippen LogP contribution in [0.3, 0.4) is 0 Å². The minimum atomic E-state index is -4.63. The van der Waals surface area contributed by atoms with Crippen molar-refractivity contribution >= 4 is 5.91 Å². The lowest BCUT2D eigenvalue weighted by Gasteiger charge is -2.30. The van der Waals surface area contributed by atoms with E-state index in [1.54, 1.807) is 0 Å². The minimum absolute atomic E-state index is 0.178. The number of nitrogens with two attached hydrogens (primary N) is 1. The van der Waals surface area contributed by atoms with Crippen molar-refractivity contribution in [2.75, 3.05) is 6.54 Å². The van der Waals surface area contributed by atoms with E-state index < -0.39 is 29.0 Å². The molecule has 128 valence electrons. The van der Waals surface area contributed by atoms with Crippen LogP contribution >= 0.6 is 0 Å². The lowest BCUT2D eigenvalue weighted by Crippen LogP contribution is -2.46. The molecular formula is C16H20F4N2O. The second-order valence-corrected chi connectivity index (χ2v) is 5.91. The SMILES string of the molecule is NCC(NC(=O)c1cc(C(F)(F)F)ccc1F)C1CCCCC1. The summed E-state index contributed by atoms with van der Waals surface area (Å²) in [5, 5.41) is 2.60. The summed E-state index contributed by atoms with van der Waals surface area (Å²) in [6.07, 6.45) is 0.397. The summed E-state index contributed by atoms with van der Waals surface area (Å²) in [7, 11) is 0. The maximum absolute atomic E-state index is 13.7. The van der Waals surface area contributed by atoms with Gasteiger partial charge in [-0.3, -0.25) is 4.79 Å². The molecule has 1 amide bonds. The molecule has 0 saturated heterocycles. The van der Waals surface area contributed by atoms with Crippen LogP contribution in [0, 0.1) is 11.7 Å². The highest BCUT2D eigenvalue weighted by Gasteiger charge is 2.32. The van der Waals surface area contributed by atoms with E-state index in [9.17, 15) is 22.4 Å². The highest BCUT2D eigenvalue weighted by Crippen LogP contribution is 2.31. The standard InChI is InChI=1S/C16H20F4N2O/c17-13-7-6-11(16(18,19)20)8-12(13)15(23)22-14(9-21)10-4-2-1-3-5-10/h6-8,10,14H,1-5,9,21H2,(H,22,23). The van der Waals surface area contributed by atoms with Crippen LogP contribution in [-0.4, -0.2) is 18.5 Å². The van der Waals surface area contributed by atoms with Gasteiger partial charge < -0.3 is 11.1 Å². The van der Waals surface area contributed by atoms with Gasteiger partial charge >= 0.3 is 6.18 Å². The quantitative estimate of drug-likeness (QED) is 0.830. The van der Waals surface area contributed by atoms with Crippen LogP contribution < -0.4 is 11.1 Å². The molecule has 2 rings (SSSR count). The van der Waals surface area contributed by atoms with Gasteiger partial charge in [0.1, 0.15) is 5.82 Å². The molecule has 0 aliphatic heterocycles. The Labute approximate surface area is 132 Å². The summed E-state index contributed by atoms with van der Waals surface area (Å²) < 4.78 is 51.9. The molecule has 1 aliphatic carbocycles. The van der Waals surface area contributed by atoms with Gasteiger partial charge in [-0.05, 0) is 37.0 Å². The van der Waals surface area contributed by atoms with Crippen molar-refractivity contribution in [2.24, 2.45) is 11.7 Å². The summed E-state index contributed by atoms with van der Waals surface area (Å²) in [6, 6.07) is 1.47. The molecule has 1 aromatic carbocycles. The second kappa shape index (κ2) is 7.29. The van der Waals surface area contributed by atoms with Crippen molar-refractivity contribution in [3.8, 4) is 0 Å². The van der Waals surface area contributed by atoms with Gasteiger partial charge in [-0.1, -0.05) is 19.3 Å². The first-order valence-electron chi connectivity index (χ1n) is 7.70. The predicted molar refractivity (Wildman–Crippen MR) is 78.3 cm³/mol. The fourth-order valence-corrected chi connectivity index (χ4v) is 3.03. The van der Waals surface area contributed by atoms with E-state index in [1.807, 2.05) is 0 Å². The third kappa shape index (κ3) is 4.43. The summed E-state index contributed by atoms with van der Waals surface area (Å²) >= 11 is 0. The normalized spacial score (nSPS) is 17.8. The molecule has 1 unspecified atom stereocenters. The van der Waals surface area contributed by atoms with Crippen LogP contribution in [0.25, 0.3) is 0 Å². The van der Waals surface area contributed by atoms with Gasteiger partial charge in [-0.25, -0.2) is 4.39 Å². The van der Waals surface area contributed by atoms with Crippen molar-refractivity contribution in [3.05, 3.63) is 35.1 Å². The van der Waals surface area contributed by atoms with Crippen molar-refractivity contribution < 1.29 is 22.4 Å². The Kier molecular flexibility index (Phi) is 5.62. The Morgan fingerprint density at radius 1 is 1.26 bits per heavy atom. The van der Waals surface area contributed by atoms with Gasteiger partial charge in [0.25, 0.3) is 5.91 Å². The van der Waals surface area contributed by atoms with Gasteiger partial charge in [-0.15, -0.1) is 0 Å². The van der Waals surface area contributed by atoms with E-state index in [0.717, 1.165) is 32.1 Å². The number of benzene rings is 1. The van der Waals surface area contributed by atoms with Crippen LogP contribution in [0.4, 0.5) is 17.6 Å². The van der Waals surface area contributed by atoms with Crippen molar-refractivity contribution in [3.63, 3.8) is 0 Å². The first-order valence-corrected chi connectivity index (χ1v) is 7.70. The number of hydrogen-bond donors (Lipinski definition) is 2. The Morgan fingerprint density at radius 3 is 2.48 bits per heavy atom. The van der Waals surface area contributed by atoms with E-state index in [2.05, 4.69) is 5.32 Å². The van der Waals surface area contributed by atoms with Crippen LogP contribution in [-0.2, 0) is 6.18 Å². The molecular weight excluding hydrogens is 312 g/mol. The maximum Gasteiger partial charge on any atom is 0.416 e. The Balaban J connectivity index is 2.15. The molecule has 0 radical (unpaired) electrons.